The van der Waals surface area contributed by atoms with Crippen molar-refractivity contribution in [2.24, 2.45) is 0 Å². The highest BCUT2D eigenvalue weighted by Gasteiger charge is 2.56. The zero-order valence-electron chi connectivity index (χ0n) is 20.1. The van der Waals surface area contributed by atoms with Crippen molar-refractivity contribution in [1.29, 1.82) is 5.26 Å². The molecule has 39 heavy (non-hydrogen) atoms. The lowest BCUT2D eigenvalue weighted by molar-refractivity contribution is -0.147. The number of sulfone groups is 1. The van der Waals surface area contributed by atoms with Crippen molar-refractivity contribution >= 4 is 61.6 Å². The number of aromatic nitrogens is 1. The maximum absolute atomic E-state index is 14.9. The molecule has 2 aromatic rings. The molecule has 2 N–H and O–H groups in total. The highest BCUT2D eigenvalue weighted by Crippen LogP contribution is 2.40. The van der Waals surface area contributed by atoms with Gasteiger partial charge in [0, 0.05) is 17.2 Å². The number of nitriles is 1. The van der Waals surface area contributed by atoms with Gasteiger partial charge in [0.05, 0.1) is 21.2 Å². The van der Waals surface area contributed by atoms with Crippen LogP contribution in [0.25, 0.3) is 0 Å². The van der Waals surface area contributed by atoms with Gasteiger partial charge >= 0.3 is 0 Å². The number of rotatable bonds is 6. The average molecular weight is 665 g/mol. The molecular formula is C24H22BrCl2F2N5O4S. The van der Waals surface area contributed by atoms with Crippen molar-refractivity contribution in [1.82, 2.24) is 20.5 Å². The Morgan fingerprint density at radius 2 is 1.95 bits per heavy atom. The topological polar surface area (TPSA) is 132 Å². The van der Waals surface area contributed by atoms with Crippen molar-refractivity contribution in [3.63, 3.8) is 0 Å². The second-order valence-electron chi connectivity index (χ2n) is 9.70. The average Bonchev–Trinajstić information content (AvgIpc) is 3.44. The number of hydrogen-bond acceptors (Lipinski definition) is 7. The van der Waals surface area contributed by atoms with E-state index in [-0.39, 0.29) is 51.9 Å². The molecule has 0 bridgehead atoms. The molecule has 1 aliphatic carbocycles. The minimum absolute atomic E-state index is 0. The number of amides is 2. The molecule has 3 fully saturated rings. The maximum Gasteiger partial charge on any atom is 0.250 e. The largest absolute Gasteiger partial charge is 0.336 e. The van der Waals surface area contributed by atoms with E-state index < -0.39 is 55.7 Å². The summed E-state index contributed by atoms with van der Waals surface area (Å²) >= 11 is 8.93. The van der Waals surface area contributed by atoms with Gasteiger partial charge in [-0.05, 0) is 72.4 Å². The molecule has 2 aliphatic heterocycles. The van der Waals surface area contributed by atoms with Crippen LogP contribution in [-0.2, 0) is 25.0 Å². The molecule has 2 saturated heterocycles. The fraction of sp³-hybridized carbons (Fsp3) is 0.417. The first-order valence-electron chi connectivity index (χ1n) is 11.7. The fourth-order valence-corrected chi connectivity index (χ4v) is 7.84. The summed E-state index contributed by atoms with van der Waals surface area (Å²) in [4.78, 5) is 32.3. The van der Waals surface area contributed by atoms with Gasteiger partial charge in [-0.15, -0.1) is 12.4 Å². The van der Waals surface area contributed by atoms with Gasteiger partial charge in [0.15, 0.2) is 9.84 Å². The molecule has 2 amide bonds. The molecular weight excluding hydrogens is 643 g/mol. The first kappa shape index (κ1) is 29.6. The van der Waals surface area contributed by atoms with E-state index in [9.17, 15) is 32.0 Å². The molecule has 9 nitrogen and oxygen atoms in total. The summed E-state index contributed by atoms with van der Waals surface area (Å²) in [6.07, 6.45) is 1.96. The third kappa shape index (κ3) is 5.13. The zero-order chi connectivity index (χ0) is 27.5. The predicted octanol–water partition coefficient (Wildman–Crippen LogP) is 3.00. The number of nitrogens with one attached hydrogen (secondary N) is 2. The van der Waals surface area contributed by atoms with E-state index in [1.165, 1.54) is 6.20 Å². The molecule has 15 heteroatoms. The number of carbonyl (C=O) groups excluding carboxylic acids is 2. The Morgan fingerprint density at radius 3 is 2.49 bits per heavy atom. The number of hydrogen-bond donors (Lipinski definition) is 2. The lowest BCUT2D eigenvalue weighted by Crippen LogP contribution is -2.66. The quantitative estimate of drug-likeness (QED) is 0.454. The molecule has 5 rings (SSSR count). The highest BCUT2D eigenvalue weighted by molar-refractivity contribution is 9.10. The SMILES string of the molecule is Cl.N#CC1(NC(=O)[C@@H]2C[C@@H](S(=O)(=O)c3ccc(F)cc3Br)CN2C(=O)C2(c3ncc(Cl)cc3F)CCN2)CC1. The predicted molar refractivity (Wildman–Crippen MR) is 142 cm³/mol. The number of likely N-dealkylation sites (tertiary alicyclic amines) is 1. The minimum Gasteiger partial charge on any atom is -0.336 e. The lowest BCUT2D eigenvalue weighted by Gasteiger charge is -2.44. The Balaban J connectivity index is 0.00000353. The standard InChI is InChI=1S/C24H21BrClF2N5O4S.ClH/c25-16-8-14(27)1-2-19(16)38(36,37)15-9-18(21(34)32-23(12-29)3-4-23)33(11-15)22(35)24(5-6-31-24)20-17(28)7-13(26)10-30-20;/h1-2,7-8,10,15,18,31H,3-6,9,11H2,(H,32,34);1H/t15-,18+,24?;/m1./s1. The van der Waals surface area contributed by atoms with Crippen molar-refractivity contribution in [3.8, 4) is 6.07 Å². The lowest BCUT2D eigenvalue weighted by atomic mass is 9.82. The van der Waals surface area contributed by atoms with Crippen molar-refractivity contribution in [2.45, 2.75) is 52.9 Å². The summed E-state index contributed by atoms with van der Waals surface area (Å²) in [5, 5.41) is 13.8. The first-order valence-corrected chi connectivity index (χ1v) is 14.4. The van der Waals surface area contributed by atoms with Gasteiger partial charge in [0.25, 0.3) is 0 Å². The molecule has 1 saturated carbocycles. The van der Waals surface area contributed by atoms with Crippen LogP contribution in [0.4, 0.5) is 8.78 Å². The van der Waals surface area contributed by atoms with E-state index in [4.69, 9.17) is 11.6 Å². The Bertz CT molecular complexity index is 1500. The van der Waals surface area contributed by atoms with Crippen LogP contribution in [0.15, 0.2) is 39.8 Å². The normalized spacial score (nSPS) is 25.2. The number of pyridine rings is 1. The fourth-order valence-electron chi connectivity index (χ4n) is 4.92. The molecule has 1 aromatic heterocycles. The van der Waals surface area contributed by atoms with Crippen LogP contribution in [0.5, 0.6) is 0 Å². The summed E-state index contributed by atoms with van der Waals surface area (Å²) < 4.78 is 55.7. The van der Waals surface area contributed by atoms with Gasteiger partial charge < -0.3 is 10.2 Å². The Kier molecular flexibility index (Phi) is 8.01. The van der Waals surface area contributed by atoms with Crippen LogP contribution in [0.3, 0.4) is 0 Å². The number of nitrogens with zero attached hydrogens (tertiary/aromatic N) is 3. The van der Waals surface area contributed by atoms with Crippen molar-refractivity contribution in [2.75, 3.05) is 13.1 Å². The Labute approximate surface area is 242 Å². The minimum atomic E-state index is -4.15. The van der Waals surface area contributed by atoms with Gasteiger partial charge in [-0.25, -0.2) is 17.2 Å². The summed E-state index contributed by atoms with van der Waals surface area (Å²) in [6.45, 7) is -0.0107. The number of halogens is 5. The first-order chi connectivity index (χ1) is 17.9. The molecule has 208 valence electrons. The van der Waals surface area contributed by atoms with Gasteiger partial charge in [-0.2, -0.15) is 5.26 Å². The van der Waals surface area contributed by atoms with E-state index in [1.807, 2.05) is 6.07 Å². The second-order valence-corrected chi connectivity index (χ2v) is 13.2. The maximum atomic E-state index is 14.9. The third-order valence-corrected chi connectivity index (χ3v) is 10.6. The van der Waals surface area contributed by atoms with Crippen LogP contribution >= 0.6 is 39.9 Å². The summed E-state index contributed by atoms with van der Waals surface area (Å²) in [5.74, 6) is -2.85. The van der Waals surface area contributed by atoms with Gasteiger partial charge in [0.2, 0.25) is 11.8 Å². The van der Waals surface area contributed by atoms with Gasteiger partial charge in [-0.1, -0.05) is 11.6 Å². The summed E-state index contributed by atoms with van der Waals surface area (Å²) in [7, 11) is -4.15. The summed E-state index contributed by atoms with van der Waals surface area (Å²) in [5.41, 5.74) is -2.88. The van der Waals surface area contributed by atoms with Crippen molar-refractivity contribution in [3.05, 3.63) is 57.3 Å². The Hall–Kier alpha value is -2.37. The van der Waals surface area contributed by atoms with Crippen LogP contribution < -0.4 is 10.6 Å². The smallest absolute Gasteiger partial charge is 0.250 e. The molecule has 1 aromatic carbocycles. The van der Waals surface area contributed by atoms with Crippen molar-refractivity contribution < 1.29 is 26.8 Å². The van der Waals surface area contributed by atoms with Crippen LogP contribution in [0.1, 0.15) is 31.4 Å². The van der Waals surface area contributed by atoms with Gasteiger partial charge in [0.1, 0.15) is 34.4 Å². The van der Waals surface area contributed by atoms with E-state index in [2.05, 4.69) is 31.5 Å². The Morgan fingerprint density at radius 1 is 1.26 bits per heavy atom. The van der Waals surface area contributed by atoms with E-state index in [1.54, 1.807) is 0 Å². The summed E-state index contributed by atoms with van der Waals surface area (Å²) in [6, 6.07) is 4.95. The van der Waals surface area contributed by atoms with E-state index >= 15 is 0 Å². The van der Waals surface area contributed by atoms with Crippen LogP contribution in [0, 0.1) is 23.0 Å². The van der Waals surface area contributed by atoms with E-state index in [0.29, 0.717) is 19.4 Å². The second kappa shape index (κ2) is 10.6. The molecule has 1 unspecified atom stereocenters. The number of benzene rings is 1. The van der Waals surface area contributed by atoms with Crippen LogP contribution in [0.2, 0.25) is 5.02 Å². The molecule has 3 atom stereocenters. The third-order valence-electron chi connectivity index (χ3n) is 7.30. The molecule has 3 heterocycles. The molecule has 3 aliphatic rings. The van der Waals surface area contributed by atoms with Crippen LogP contribution in [-0.4, -0.2) is 60.0 Å². The number of carbonyl (C=O) groups is 2. The van der Waals surface area contributed by atoms with Gasteiger partial charge in [-0.3, -0.25) is 19.9 Å². The molecule has 0 spiro atoms. The van der Waals surface area contributed by atoms with E-state index in [0.717, 1.165) is 29.2 Å². The molecule has 0 radical (unpaired) electrons. The monoisotopic (exact) mass is 663 g/mol. The zero-order valence-corrected chi connectivity index (χ0v) is 24.1. The highest BCUT2D eigenvalue weighted by atomic mass is 79.9.